The van der Waals surface area contributed by atoms with Gasteiger partial charge in [0, 0.05) is 18.3 Å². The minimum Gasteiger partial charge on any atom is -0.351 e. The number of hydrogen-bond acceptors (Lipinski definition) is 2. The fourth-order valence-electron chi connectivity index (χ4n) is 3.70. The van der Waals surface area contributed by atoms with Crippen molar-refractivity contribution in [3.8, 4) is 0 Å². The second-order valence-electron chi connectivity index (χ2n) is 6.18. The lowest BCUT2D eigenvalue weighted by atomic mass is 9.81. The van der Waals surface area contributed by atoms with Gasteiger partial charge in [0.05, 0.1) is 0 Å². The average Bonchev–Trinajstić information content (AvgIpc) is 2.58. The molecule has 3 rings (SSSR count). The van der Waals surface area contributed by atoms with Gasteiger partial charge in [-0.3, -0.25) is 5.41 Å². The molecule has 1 saturated carbocycles. The first-order valence-corrected chi connectivity index (χ1v) is 6.81. The molecule has 1 aliphatic carbocycles. The molecule has 2 heterocycles. The molecule has 4 heteroatoms. The van der Waals surface area contributed by atoms with Crippen molar-refractivity contribution in [2.45, 2.75) is 55.0 Å². The Labute approximate surface area is 96.9 Å². The first-order valence-electron chi connectivity index (χ1n) is 5.93. The first kappa shape index (κ1) is 10.1. The quantitative estimate of drug-likeness (QED) is 0.637. The third kappa shape index (κ3) is 1.23. The zero-order valence-corrected chi connectivity index (χ0v) is 10.7. The van der Waals surface area contributed by atoms with Gasteiger partial charge in [0.25, 0.3) is 0 Å². The van der Waals surface area contributed by atoms with Gasteiger partial charge in [-0.1, -0.05) is 42.7 Å². The Balaban J connectivity index is 1.85. The highest BCUT2D eigenvalue weighted by Crippen LogP contribution is 2.75. The van der Waals surface area contributed by atoms with E-state index in [1.54, 1.807) is 0 Å². The normalized spacial score (nSPS) is 53.0. The lowest BCUT2D eigenvalue weighted by Crippen LogP contribution is -2.33. The standard InChI is InChI=1S/C11H19BN2S/c1-10-5-4-7-8(6-11(10,2)12-10)15-9(13)14(7)3/h7-8,12-13H,4-6H2,1-3H3/t7?,8?,10?,11-/m0/s1. The summed E-state index contributed by atoms with van der Waals surface area (Å²) in [6, 6.07) is 0.643. The third-order valence-corrected chi connectivity index (χ3v) is 6.56. The summed E-state index contributed by atoms with van der Waals surface area (Å²) >= 11 is 1.81. The maximum absolute atomic E-state index is 7.90. The van der Waals surface area contributed by atoms with Crippen LogP contribution in [-0.2, 0) is 0 Å². The van der Waals surface area contributed by atoms with Gasteiger partial charge in [0.1, 0.15) is 7.28 Å². The lowest BCUT2D eigenvalue weighted by molar-refractivity contribution is 0.350. The van der Waals surface area contributed by atoms with E-state index in [-0.39, 0.29) is 0 Å². The molecule has 15 heavy (non-hydrogen) atoms. The maximum atomic E-state index is 7.90. The molecule has 0 aromatic carbocycles. The molecule has 2 nitrogen and oxygen atoms in total. The molecule has 1 N–H and O–H groups in total. The zero-order valence-electron chi connectivity index (χ0n) is 9.84. The Morgan fingerprint density at radius 2 is 2.20 bits per heavy atom. The van der Waals surface area contributed by atoms with Crippen LogP contribution in [0, 0.1) is 5.41 Å². The van der Waals surface area contributed by atoms with Crippen molar-refractivity contribution in [3.63, 3.8) is 0 Å². The van der Waals surface area contributed by atoms with Crippen molar-refractivity contribution in [3.05, 3.63) is 0 Å². The number of amidine groups is 1. The van der Waals surface area contributed by atoms with Gasteiger partial charge in [-0.15, -0.1) is 0 Å². The molecule has 3 unspecified atom stereocenters. The zero-order chi connectivity index (χ0) is 10.8. The van der Waals surface area contributed by atoms with E-state index < -0.39 is 0 Å². The number of fused-ring (bicyclic) bond motifs is 2. The Hall–Kier alpha value is -0.115. The predicted octanol–water partition coefficient (Wildman–Crippen LogP) is 2.33. The van der Waals surface area contributed by atoms with Crippen molar-refractivity contribution in [2.75, 3.05) is 7.05 Å². The molecule has 0 aromatic rings. The lowest BCUT2D eigenvalue weighted by Gasteiger charge is -2.23. The third-order valence-electron chi connectivity index (χ3n) is 5.27. The van der Waals surface area contributed by atoms with Crippen LogP contribution in [0.3, 0.4) is 0 Å². The molecule has 4 atom stereocenters. The van der Waals surface area contributed by atoms with Crippen LogP contribution in [0.4, 0.5) is 0 Å². The van der Waals surface area contributed by atoms with Crippen LogP contribution >= 0.6 is 11.8 Å². The summed E-state index contributed by atoms with van der Waals surface area (Å²) < 4.78 is 0. The fourth-order valence-corrected chi connectivity index (χ4v) is 5.21. The van der Waals surface area contributed by atoms with Gasteiger partial charge in [-0.2, -0.15) is 0 Å². The second kappa shape index (κ2) is 2.76. The van der Waals surface area contributed by atoms with Gasteiger partial charge >= 0.3 is 0 Å². The van der Waals surface area contributed by atoms with Gasteiger partial charge in [0.2, 0.25) is 0 Å². The molecule has 82 valence electrons. The van der Waals surface area contributed by atoms with E-state index in [4.69, 9.17) is 5.41 Å². The van der Waals surface area contributed by atoms with Crippen molar-refractivity contribution < 1.29 is 0 Å². The predicted molar refractivity (Wildman–Crippen MR) is 68.4 cm³/mol. The highest BCUT2D eigenvalue weighted by atomic mass is 32.2. The molecule has 0 amide bonds. The molecule has 0 aromatic heterocycles. The fraction of sp³-hybridized carbons (Fsp3) is 0.909. The number of rotatable bonds is 0. The Morgan fingerprint density at radius 3 is 2.93 bits per heavy atom. The molecule has 0 bridgehead atoms. The second-order valence-corrected chi connectivity index (χ2v) is 7.41. The van der Waals surface area contributed by atoms with Crippen molar-refractivity contribution in [1.82, 2.24) is 4.90 Å². The summed E-state index contributed by atoms with van der Waals surface area (Å²) in [5.74, 6) is 0. The number of nitrogens with one attached hydrogen (secondary N) is 1. The van der Waals surface area contributed by atoms with E-state index in [0.29, 0.717) is 21.9 Å². The SMILES string of the molecule is CN1C(=N)SC2C[C@]3(C)BC3(C)CCC21. The van der Waals surface area contributed by atoms with Gasteiger partial charge in [0.15, 0.2) is 5.17 Å². The van der Waals surface area contributed by atoms with E-state index in [9.17, 15) is 0 Å². The summed E-state index contributed by atoms with van der Waals surface area (Å²) in [4.78, 5) is 2.20. The number of thioether (sulfide) groups is 1. The smallest absolute Gasteiger partial charge is 0.156 e. The molecular formula is C11H19BN2S. The molecule has 2 aliphatic heterocycles. The van der Waals surface area contributed by atoms with Gasteiger partial charge in [-0.05, 0) is 12.8 Å². The summed E-state index contributed by atoms with van der Waals surface area (Å²) in [6.07, 6.45) is 3.98. The van der Waals surface area contributed by atoms with E-state index in [2.05, 4.69) is 25.8 Å². The topological polar surface area (TPSA) is 27.1 Å². The highest BCUT2D eigenvalue weighted by Gasteiger charge is 2.64. The van der Waals surface area contributed by atoms with E-state index in [1.807, 2.05) is 11.8 Å². The van der Waals surface area contributed by atoms with Crippen LogP contribution in [-0.4, -0.2) is 35.7 Å². The monoisotopic (exact) mass is 222 g/mol. The maximum Gasteiger partial charge on any atom is 0.156 e. The summed E-state index contributed by atoms with van der Waals surface area (Å²) in [5.41, 5.74) is 0. The minimum absolute atomic E-state index is 0.588. The van der Waals surface area contributed by atoms with Gasteiger partial charge < -0.3 is 4.90 Å². The van der Waals surface area contributed by atoms with Crippen molar-refractivity contribution >= 4 is 24.2 Å². The van der Waals surface area contributed by atoms with Crippen LogP contribution in [0.5, 0.6) is 0 Å². The van der Waals surface area contributed by atoms with E-state index in [1.165, 1.54) is 26.5 Å². The molecule has 3 fully saturated rings. The summed E-state index contributed by atoms with van der Waals surface area (Å²) in [5, 5.41) is 10.6. The Kier molecular flexibility index (Phi) is 1.85. The van der Waals surface area contributed by atoms with Crippen LogP contribution < -0.4 is 0 Å². The molecule has 3 aliphatic rings. The largest absolute Gasteiger partial charge is 0.351 e. The first-order chi connectivity index (χ1) is 6.95. The van der Waals surface area contributed by atoms with Crippen LogP contribution in [0.15, 0.2) is 0 Å². The summed E-state index contributed by atoms with van der Waals surface area (Å²) in [7, 11) is 3.52. The molecular weight excluding hydrogens is 203 g/mol. The van der Waals surface area contributed by atoms with E-state index in [0.717, 1.165) is 5.17 Å². The van der Waals surface area contributed by atoms with Crippen molar-refractivity contribution in [2.24, 2.45) is 0 Å². The Bertz CT molecular complexity index is 335. The van der Waals surface area contributed by atoms with Crippen LogP contribution in [0.1, 0.15) is 33.1 Å². The minimum atomic E-state index is 0.588. The molecule has 0 spiro atoms. The summed E-state index contributed by atoms with van der Waals surface area (Å²) in [6.45, 7) is 4.92. The average molecular weight is 222 g/mol. The number of nitrogens with zero attached hydrogens (tertiary/aromatic N) is 1. The number of hydrogen-bond donors (Lipinski definition) is 1. The molecule has 2 saturated heterocycles. The van der Waals surface area contributed by atoms with Gasteiger partial charge in [-0.25, -0.2) is 0 Å². The van der Waals surface area contributed by atoms with Crippen LogP contribution in [0.25, 0.3) is 0 Å². The Morgan fingerprint density at radius 1 is 1.47 bits per heavy atom. The van der Waals surface area contributed by atoms with Crippen molar-refractivity contribution in [1.29, 1.82) is 5.41 Å². The van der Waals surface area contributed by atoms with Crippen LogP contribution in [0.2, 0.25) is 10.6 Å². The van der Waals surface area contributed by atoms with E-state index >= 15 is 0 Å². The molecule has 0 radical (unpaired) electrons. The highest BCUT2D eigenvalue weighted by molar-refractivity contribution is 8.14.